The van der Waals surface area contributed by atoms with E-state index in [4.69, 9.17) is 0 Å². The number of carbonyl (C=O) groups excluding carboxylic acids is 1. The topological polar surface area (TPSA) is 91.7 Å². The van der Waals surface area contributed by atoms with Crippen LogP contribution in [0.3, 0.4) is 0 Å². The summed E-state index contributed by atoms with van der Waals surface area (Å²) in [4.78, 5) is 13.8. The normalized spacial score (nSPS) is 14.6. The Morgan fingerprint density at radius 2 is 0.631 bits per heavy atom. The first-order valence-corrected chi connectivity index (χ1v) is 24.4. The van der Waals surface area contributed by atoms with Gasteiger partial charge in [-0.15, -0.1) is 0 Å². The Hall–Kier alpha value is -6.34. The Morgan fingerprint density at radius 3 is 1.12 bits per heavy atom. The number of phenols is 1. The summed E-state index contributed by atoms with van der Waals surface area (Å²) in [6.45, 7) is 28.0. The molecular formula is C59H44O5S. The number of phenolic OH excluding ortho intramolecular Hbond substituents is 1. The Morgan fingerprint density at radius 1 is 0.338 bits per heavy atom. The minimum absolute atomic E-state index is 0.0185. The molecule has 5 nitrogen and oxygen atoms in total. The first kappa shape index (κ1) is 36.9. The van der Waals surface area contributed by atoms with Gasteiger partial charge in [-0.3, -0.25) is 9.35 Å². The van der Waals surface area contributed by atoms with Crippen LogP contribution in [0, 0.1) is 90.0 Å². The molecule has 1 aliphatic carbocycles. The van der Waals surface area contributed by atoms with Gasteiger partial charge in [0.05, 0.1) is 0 Å². The Balaban J connectivity index is 1.49. The van der Waals surface area contributed by atoms with Crippen molar-refractivity contribution in [1.82, 2.24) is 0 Å². The first-order valence-electron chi connectivity index (χ1n) is 22.9. The number of ketones is 1. The predicted octanol–water partition coefficient (Wildman–Crippen LogP) is 14.3. The molecule has 0 atom stereocenters. The molecule has 0 aliphatic heterocycles. The van der Waals surface area contributed by atoms with E-state index in [1.54, 1.807) is 0 Å². The van der Waals surface area contributed by atoms with Gasteiger partial charge < -0.3 is 5.11 Å². The van der Waals surface area contributed by atoms with Crippen LogP contribution in [0.15, 0.2) is 4.90 Å². The standard InChI is InChI=1S/C59H44O5S/c1-16-17(2)33-26(11)39-50-49-38(28(13)58(39)61)25(10)36-24(9)35-22(7)31-15-29(60)14-30-21(6)32-19(4)20(5)34-23(8)37-27(12)41-51(53(50)43(33)40(18(16)3)59(41)65(62,63)64)57-48(37)54-45(34)44(32)52(42(30)31)46(35)55(54)47(36)56(49)57/h15,61H,14H2,1-13H3,(H,62,63,64). The highest BCUT2D eigenvalue weighted by molar-refractivity contribution is 7.86. The highest BCUT2D eigenvalue weighted by Crippen LogP contribution is 2.64. The Kier molecular flexibility index (Phi) is 5.89. The summed E-state index contributed by atoms with van der Waals surface area (Å²) in [7, 11) is -4.82. The highest BCUT2D eigenvalue weighted by Gasteiger charge is 2.39. The maximum atomic E-state index is 14.6. The molecule has 14 aromatic rings. The Labute approximate surface area is 373 Å². The molecule has 65 heavy (non-hydrogen) atoms. The fraction of sp³-hybridized carbons (Fsp3) is 0.237. The van der Waals surface area contributed by atoms with E-state index in [2.05, 4.69) is 76.2 Å². The molecule has 316 valence electrons. The second-order valence-electron chi connectivity index (χ2n) is 20.7. The van der Waals surface area contributed by atoms with Crippen molar-refractivity contribution < 1.29 is 22.9 Å². The molecule has 0 saturated carbocycles. The lowest BCUT2D eigenvalue weighted by Gasteiger charge is -2.34. The third-order valence-electron chi connectivity index (χ3n) is 18.5. The van der Waals surface area contributed by atoms with Crippen molar-refractivity contribution in [2.75, 3.05) is 0 Å². The summed E-state index contributed by atoms with van der Waals surface area (Å²) in [5.41, 5.74) is 14.6. The average molecular weight is 865 g/mol. The van der Waals surface area contributed by atoms with Gasteiger partial charge in [0.2, 0.25) is 0 Å². The minimum atomic E-state index is -4.82. The van der Waals surface area contributed by atoms with Gasteiger partial charge in [-0.25, -0.2) is 0 Å². The summed E-state index contributed by atoms with van der Waals surface area (Å²) in [5.74, 6) is 0.388. The lowest BCUT2D eigenvalue weighted by Crippen LogP contribution is -2.22. The van der Waals surface area contributed by atoms with Gasteiger partial charge in [-0.1, -0.05) is 0 Å². The molecule has 0 aromatic heterocycles. The molecule has 0 unspecified atom stereocenters. The van der Waals surface area contributed by atoms with Crippen molar-refractivity contribution in [3.63, 3.8) is 0 Å². The van der Waals surface area contributed by atoms with Gasteiger partial charge in [0.25, 0.3) is 10.1 Å². The van der Waals surface area contributed by atoms with Gasteiger partial charge in [0.1, 0.15) is 10.6 Å². The van der Waals surface area contributed by atoms with Gasteiger partial charge in [0, 0.05) is 38.7 Å². The number of rotatable bonds is 1. The van der Waals surface area contributed by atoms with Crippen LogP contribution in [-0.2, 0) is 21.3 Å². The quantitative estimate of drug-likeness (QED) is 0.0974. The molecule has 0 spiro atoms. The fourth-order valence-corrected chi connectivity index (χ4v) is 16.9. The molecule has 6 heteroatoms. The summed E-state index contributed by atoms with van der Waals surface area (Å²) in [6.07, 6.45) is 2.29. The zero-order valence-electron chi connectivity index (χ0n) is 38.8. The second kappa shape index (κ2) is 10.4. The molecule has 1 aliphatic rings. The lowest BCUT2D eigenvalue weighted by atomic mass is 9.68. The number of carbonyl (C=O) groups is 1. The fourth-order valence-electron chi connectivity index (χ4n) is 15.9. The van der Waals surface area contributed by atoms with Crippen LogP contribution in [0.25, 0.3) is 146 Å². The van der Waals surface area contributed by atoms with Crippen LogP contribution in [0.5, 0.6) is 5.75 Å². The van der Waals surface area contributed by atoms with E-state index in [9.17, 15) is 22.9 Å². The van der Waals surface area contributed by atoms with E-state index >= 15 is 0 Å². The van der Waals surface area contributed by atoms with Crippen LogP contribution in [0.1, 0.15) is 77.9 Å². The summed E-state index contributed by atoms with van der Waals surface area (Å²) < 4.78 is 40.9. The Bertz CT molecular complexity index is 4950. The van der Waals surface area contributed by atoms with Crippen LogP contribution in [0.4, 0.5) is 0 Å². The number of aryl methyl sites for hydroxylation is 12. The third kappa shape index (κ3) is 3.33. The van der Waals surface area contributed by atoms with Crippen molar-refractivity contribution in [3.05, 3.63) is 83.1 Å². The molecule has 0 amide bonds. The summed E-state index contributed by atoms with van der Waals surface area (Å²) >= 11 is 0. The number of hydrogen-bond acceptors (Lipinski definition) is 4. The van der Waals surface area contributed by atoms with Crippen LogP contribution in [0.2, 0.25) is 0 Å². The average Bonchev–Trinajstić information content (AvgIpc) is 3.24. The molecule has 0 saturated heterocycles. The van der Waals surface area contributed by atoms with E-state index < -0.39 is 10.1 Å². The second-order valence-corrected chi connectivity index (χ2v) is 22.1. The molecule has 14 aromatic carbocycles. The number of hydrogen-bond donors (Lipinski definition) is 2. The van der Waals surface area contributed by atoms with Crippen LogP contribution in [-0.4, -0.2) is 23.9 Å². The van der Waals surface area contributed by atoms with Crippen molar-refractivity contribution in [2.24, 2.45) is 0 Å². The van der Waals surface area contributed by atoms with Gasteiger partial charge in [0.15, 0.2) is 5.78 Å². The summed E-state index contributed by atoms with van der Waals surface area (Å²) in [6, 6.07) is 0. The number of aromatic hydroxyl groups is 1. The van der Waals surface area contributed by atoms with E-state index in [-0.39, 0.29) is 16.4 Å². The van der Waals surface area contributed by atoms with E-state index in [0.717, 1.165) is 136 Å². The van der Waals surface area contributed by atoms with Gasteiger partial charge >= 0.3 is 0 Å². The van der Waals surface area contributed by atoms with E-state index in [1.165, 1.54) is 75.9 Å². The lowest BCUT2D eigenvalue weighted by molar-refractivity contribution is -0.112. The van der Waals surface area contributed by atoms with Crippen molar-refractivity contribution in [3.8, 4) is 5.75 Å². The molecule has 2 N–H and O–H groups in total. The number of benzene rings is 14. The predicted molar refractivity (Wildman–Crippen MR) is 274 cm³/mol. The van der Waals surface area contributed by atoms with Crippen molar-refractivity contribution in [2.45, 2.75) is 101 Å². The zero-order chi connectivity index (χ0) is 45.3. The minimum Gasteiger partial charge on any atom is -0.507 e. The first-order chi connectivity index (χ1) is 30.7. The zero-order valence-corrected chi connectivity index (χ0v) is 39.6. The van der Waals surface area contributed by atoms with E-state index in [1.807, 2.05) is 19.9 Å². The molecule has 15 rings (SSSR count). The third-order valence-corrected chi connectivity index (χ3v) is 19.4. The smallest absolute Gasteiger partial charge is 0.295 e. The van der Waals surface area contributed by atoms with E-state index in [0.29, 0.717) is 17.2 Å². The molecule has 0 radical (unpaired) electrons. The molecule has 0 heterocycles. The van der Waals surface area contributed by atoms with Crippen molar-refractivity contribution in [1.29, 1.82) is 0 Å². The van der Waals surface area contributed by atoms with Crippen molar-refractivity contribution >= 4 is 162 Å². The van der Waals surface area contributed by atoms with Crippen LogP contribution < -0.4 is 5.22 Å². The monoisotopic (exact) mass is 864 g/mol. The number of Topliss-reactive ketones (excluding diaryl/α,β-unsaturated/α-hetero) is 1. The van der Waals surface area contributed by atoms with Gasteiger partial charge in [-0.2, -0.15) is 8.42 Å². The SMILES string of the molecule is Cc1c(C)c2c(C)c3c(O)c(C)c4c(C)c5c(C)c6c(C)c7c8c(c(C)c9c(C)c(C)c%10c(C)c%11c(C)c%12c(S(=O)(=O)O)c(c1C)c2c1c3c4c2c5c3c6c8c9c%10c3c%11c2c%121)CC(=O)C=7. The molecular weight excluding hydrogens is 821 g/mol. The molecule has 0 fully saturated rings. The maximum Gasteiger partial charge on any atom is 0.295 e. The van der Waals surface area contributed by atoms with Gasteiger partial charge in [-0.05, 0) is 287 Å². The molecule has 0 bridgehead atoms. The maximum absolute atomic E-state index is 14.6. The summed E-state index contributed by atoms with van der Waals surface area (Å²) in [5, 5.41) is 41.4. The highest BCUT2D eigenvalue weighted by atomic mass is 32.2. The van der Waals surface area contributed by atoms with Crippen LogP contribution >= 0.6 is 0 Å². The largest absolute Gasteiger partial charge is 0.507 e.